The van der Waals surface area contributed by atoms with Crippen molar-refractivity contribution in [2.45, 2.75) is 13.0 Å². The second kappa shape index (κ2) is 4.41. The molecule has 0 fully saturated rings. The van der Waals surface area contributed by atoms with E-state index in [1.54, 1.807) is 6.26 Å². The van der Waals surface area contributed by atoms with Crippen LogP contribution in [-0.4, -0.2) is 23.5 Å². The summed E-state index contributed by atoms with van der Waals surface area (Å²) in [6, 6.07) is 5.81. The number of fused-ring (bicyclic) bond motifs is 1. The lowest BCUT2D eigenvalue weighted by Gasteiger charge is -2.26. The fourth-order valence-corrected chi connectivity index (χ4v) is 2.52. The third kappa shape index (κ3) is 1.86. The number of aromatic nitrogens is 1. The van der Waals surface area contributed by atoms with E-state index >= 15 is 0 Å². The van der Waals surface area contributed by atoms with Crippen molar-refractivity contribution in [1.29, 1.82) is 5.26 Å². The largest absolute Gasteiger partial charge is 0.464 e. The number of nitrogens with two attached hydrogens (primary N) is 1. The van der Waals surface area contributed by atoms with E-state index in [0.29, 0.717) is 11.3 Å². The van der Waals surface area contributed by atoms with Crippen LogP contribution >= 0.6 is 0 Å². The molecule has 0 aliphatic carbocycles. The smallest absolute Gasteiger partial charge is 0.142 e. The molecule has 5 nitrogen and oxygen atoms in total. The molecule has 5 heteroatoms. The maximum atomic E-state index is 9.34. The summed E-state index contributed by atoms with van der Waals surface area (Å²) in [5.41, 5.74) is 9.13. The molecule has 0 amide bonds. The molecule has 2 aromatic rings. The van der Waals surface area contributed by atoms with Crippen molar-refractivity contribution in [2.75, 3.05) is 19.3 Å². The SMILES string of the molecule is CN1CCc2nc(N)c(C#N)c(-c3ccco3)c2C1. The Morgan fingerprint density at radius 1 is 1.53 bits per heavy atom. The number of nitrogens with zero attached hydrogens (tertiary/aromatic N) is 3. The average molecular weight is 254 g/mol. The molecule has 0 spiro atoms. The summed E-state index contributed by atoms with van der Waals surface area (Å²) in [6.07, 6.45) is 2.45. The summed E-state index contributed by atoms with van der Waals surface area (Å²) in [7, 11) is 2.05. The number of furan rings is 1. The number of pyridine rings is 1. The molecule has 0 atom stereocenters. The quantitative estimate of drug-likeness (QED) is 0.839. The van der Waals surface area contributed by atoms with Crippen LogP contribution in [0.25, 0.3) is 11.3 Å². The van der Waals surface area contributed by atoms with Crippen LogP contribution in [-0.2, 0) is 13.0 Å². The van der Waals surface area contributed by atoms with E-state index in [4.69, 9.17) is 10.2 Å². The Morgan fingerprint density at radius 3 is 3.05 bits per heavy atom. The zero-order valence-corrected chi connectivity index (χ0v) is 10.7. The molecule has 0 saturated carbocycles. The van der Waals surface area contributed by atoms with Gasteiger partial charge in [-0.2, -0.15) is 5.26 Å². The molecule has 19 heavy (non-hydrogen) atoms. The van der Waals surface area contributed by atoms with E-state index in [0.717, 1.165) is 36.3 Å². The second-order valence-electron chi connectivity index (χ2n) is 4.75. The molecule has 3 rings (SSSR count). The monoisotopic (exact) mass is 254 g/mol. The molecule has 0 radical (unpaired) electrons. The van der Waals surface area contributed by atoms with Crippen LogP contribution in [0.4, 0.5) is 5.82 Å². The van der Waals surface area contributed by atoms with E-state index < -0.39 is 0 Å². The van der Waals surface area contributed by atoms with Gasteiger partial charge in [-0.05, 0) is 19.2 Å². The predicted octanol–water partition coefficient (Wildman–Crippen LogP) is 1.78. The Morgan fingerprint density at radius 2 is 2.37 bits per heavy atom. The van der Waals surface area contributed by atoms with Crippen LogP contribution in [0.3, 0.4) is 0 Å². The van der Waals surface area contributed by atoms with E-state index in [9.17, 15) is 5.26 Å². The maximum Gasteiger partial charge on any atom is 0.142 e. The van der Waals surface area contributed by atoms with Crippen LogP contribution in [0, 0.1) is 11.3 Å². The fourth-order valence-electron chi connectivity index (χ4n) is 2.52. The Kier molecular flexibility index (Phi) is 2.73. The molecule has 3 heterocycles. The predicted molar refractivity (Wildman–Crippen MR) is 71.1 cm³/mol. The number of hydrogen-bond donors (Lipinski definition) is 1. The second-order valence-corrected chi connectivity index (χ2v) is 4.75. The minimum atomic E-state index is 0.289. The molecule has 2 aromatic heterocycles. The van der Waals surface area contributed by atoms with Crippen molar-refractivity contribution in [3.63, 3.8) is 0 Å². The van der Waals surface area contributed by atoms with Crippen molar-refractivity contribution in [3.05, 3.63) is 35.2 Å². The molecule has 1 aliphatic rings. The van der Waals surface area contributed by atoms with Gasteiger partial charge in [0.15, 0.2) is 0 Å². The van der Waals surface area contributed by atoms with Gasteiger partial charge in [0.05, 0.1) is 6.26 Å². The summed E-state index contributed by atoms with van der Waals surface area (Å²) < 4.78 is 5.47. The van der Waals surface area contributed by atoms with Crippen molar-refractivity contribution in [2.24, 2.45) is 0 Å². The van der Waals surface area contributed by atoms with Crippen LogP contribution < -0.4 is 5.73 Å². The molecule has 0 bridgehead atoms. The van der Waals surface area contributed by atoms with Gasteiger partial charge < -0.3 is 15.1 Å². The van der Waals surface area contributed by atoms with Crippen LogP contribution in [0.15, 0.2) is 22.8 Å². The molecule has 96 valence electrons. The lowest BCUT2D eigenvalue weighted by molar-refractivity contribution is 0.310. The minimum Gasteiger partial charge on any atom is -0.464 e. The number of rotatable bonds is 1. The number of likely N-dealkylation sites (N-methyl/N-ethyl adjacent to an activating group) is 1. The lowest BCUT2D eigenvalue weighted by atomic mass is 9.94. The zero-order valence-electron chi connectivity index (χ0n) is 10.7. The van der Waals surface area contributed by atoms with Crippen LogP contribution in [0.5, 0.6) is 0 Å². The van der Waals surface area contributed by atoms with Gasteiger partial charge in [-0.15, -0.1) is 0 Å². The highest BCUT2D eigenvalue weighted by molar-refractivity contribution is 5.76. The van der Waals surface area contributed by atoms with Gasteiger partial charge in [-0.1, -0.05) is 0 Å². The molecule has 0 saturated heterocycles. The zero-order chi connectivity index (χ0) is 13.4. The molecule has 1 aliphatic heterocycles. The first-order valence-corrected chi connectivity index (χ1v) is 6.14. The van der Waals surface area contributed by atoms with Gasteiger partial charge in [0.25, 0.3) is 0 Å². The number of nitriles is 1. The Hall–Kier alpha value is -2.32. The third-order valence-electron chi connectivity index (χ3n) is 3.45. The topological polar surface area (TPSA) is 79.1 Å². The summed E-state index contributed by atoms with van der Waals surface area (Å²) in [5.74, 6) is 0.967. The van der Waals surface area contributed by atoms with E-state index in [2.05, 4.69) is 23.0 Å². The highest BCUT2D eigenvalue weighted by Crippen LogP contribution is 2.34. The molecule has 0 aromatic carbocycles. The summed E-state index contributed by atoms with van der Waals surface area (Å²) in [5, 5.41) is 9.34. The summed E-state index contributed by atoms with van der Waals surface area (Å²) in [6.45, 7) is 1.70. The fraction of sp³-hybridized carbons (Fsp3) is 0.286. The van der Waals surface area contributed by atoms with Gasteiger partial charge in [0.1, 0.15) is 23.2 Å². The maximum absolute atomic E-state index is 9.34. The number of hydrogen-bond acceptors (Lipinski definition) is 5. The van der Waals surface area contributed by atoms with Crippen LogP contribution in [0.2, 0.25) is 0 Å². The first-order chi connectivity index (χ1) is 9.20. The highest BCUT2D eigenvalue weighted by Gasteiger charge is 2.24. The normalized spacial score (nSPS) is 14.9. The summed E-state index contributed by atoms with van der Waals surface area (Å²) in [4.78, 5) is 6.58. The molecule has 2 N–H and O–H groups in total. The van der Waals surface area contributed by atoms with Crippen molar-refractivity contribution in [1.82, 2.24) is 9.88 Å². The van der Waals surface area contributed by atoms with Gasteiger partial charge in [-0.3, -0.25) is 0 Å². The van der Waals surface area contributed by atoms with Gasteiger partial charge >= 0.3 is 0 Å². The minimum absolute atomic E-state index is 0.289. The molecular formula is C14H14N4O. The first kappa shape index (κ1) is 11.8. The van der Waals surface area contributed by atoms with Crippen molar-refractivity contribution >= 4 is 5.82 Å². The number of nitrogen functional groups attached to an aromatic ring is 1. The third-order valence-corrected chi connectivity index (χ3v) is 3.45. The Balaban J connectivity index is 2.30. The Bertz CT molecular complexity index is 655. The molecular weight excluding hydrogens is 240 g/mol. The summed E-state index contributed by atoms with van der Waals surface area (Å²) >= 11 is 0. The molecule has 0 unspecified atom stereocenters. The average Bonchev–Trinajstić information content (AvgIpc) is 2.91. The van der Waals surface area contributed by atoms with Crippen molar-refractivity contribution in [3.8, 4) is 17.4 Å². The van der Waals surface area contributed by atoms with E-state index in [1.165, 1.54) is 0 Å². The van der Waals surface area contributed by atoms with Gasteiger partial charge in [0.2, 0.25) is 0 Å². The number of anilines is 1. The van der Waals surface area contributed by atoms with E-state index in [1.807, 2.05) is 12.1 Å². The van der Waals surface area contributed by atoms with Gasteiger partial charge in [-0.25, -0.2) is 4.98 Å². The van der Waals surface area contributed by atoms with Gasteiger partial charge in [0, 0.05) is 36.3 Å². The van der Waals surface area contributed by atoms with E-state index in [-0.39, 0.29) is 5.82 Å². The highest BCUT2D eigenvalue weighted by atomic mass is 16.3. The van der Waals surface area contributed by atoms with Crippen molar-refractivity contribution < 1.29 is 4.42 Å². The first-order valence-electron chi connectivity index (χ1n) is 6.14. The lowest BCUT2D eigenvalue weighted by Crippen LogP contribution is -2.28. The standard InChI is InChI=1S/C14H14N4O/c1-18-5-4-11-10(8-18)13(12-3-2-6-19-12)9(7-15)14(16)17-11/h2-3,6H,4-5,8H2,1H3,(H2,16,17). The van der Waals surface area contributed by atoms with Crippen LogP contribution in [0.1, 0.15) is 16.8 Å². The Labute approximate surface area is 111 Å².